The number of nitrogens with one attached hydrogen (secondary N) is 1. The number of guanidine groups is 1. The van der Waals surface area contributed by atoms with Gasteiger partial charge in [0.1, 0.15) is 0 Å². The Hall–Kier alpha value is -0.720. The van der Waals surface area contributed by atoms with Crippen molar-refractivity contribution in [2.45, 2.75) is 33.4 Å². The summed E-state index contributed by atoms with van der Waals surface area (Å²) in [6.07, 6.45) is 3.47. The van der Waals surface area contributed by atoms with Crippen molar-refractivity contribution in [1.29, 1.82) is 0 Å². The summed E-state index contributed by atoms with van der Waals surface area (Å²) >= 11 is 0. The predicted octanol–water partition coefficient (Wildman–Crippen LogP) is 2.70. The quantitative estimate of drug-likeness (QED) is 0.822. The van der Waals surface area contributed by atoms with Gasteiger partial charge < -0.3 is 14.6 Å². The Morgan fingerprint density at radius 3 is 2.72 bits per heavy atom. The molecule has 2 heterocycles. The van der Waals surface area contributed by atoms with Crippen molar-refractivity contribution in [2.75, 3.05) is 13.6 Å². The Morgan fingerprint density at radius 2 is 2.22 bits per heavy atom. The van der Waals surface area contributed by atoms with E-state index in [0.717, 1.165) is 24.6 Å². The molecular weight excluding hydrogens is 341 g/mol. The van der Waals surface area contributed by atoms with E-state index >= 15 is 0 Å². The number of hydrogen-bond acceptors (Lipinski definition) is 4. The molecule has 1 N–H and O–H groups in total. The molecule has 1 atom stereocenters. The third-order valence-electron chi connectivity index (χ3n) is 3.13. The molecule has 0 radical (unpaired) electrons. The van der Waals surface area contributed by atoms with E-state index in [2.05, 4.69) is 36.0 Å². The lowest BCUT2D eigenvalue weighted by molar-refractivity contribution is 0.309. The summed E-state index contributed by atoms with van der Waals surface area (Å²) in [5.41, 5.74) is 1.40. The second kappa shape index (κ2) is 5.95. The number of nitrogens with zero attached hydrogens (tertiary/aromatic N) is 2. The van der Waals surface area contributed by atoms with Crippen molar-refractivity contribution in [3.05, 3.63) is 24.2 Å². The molecule has 1 aliphatic heterocycles. The second-order valence-corrected chi connectivity index (χ2v) is 5.71. The van der Waals surface area contributed by atoms with E-state index in [0.29, 0.717) is 6.04 Å². The van der Waals surface area contributed by atoms with Gasteiger partial charge in [-0.25, -0.2) is 0 Å². The van der Waals surface area contributed by atoms with Crippen LogP contribution in [0.1, 0.15) is 26.3 Å². The molecule has 0 saturated carbocycles. The predicted molar refractivity (Wildman–Crippen MR) is 84.3 cm³/mol. The molecule has 18 heavy (non-hydrogen) atoms. The van der Waals surface area contributed by atoms with Crippen LogP contribution in [-0.4, -0.2) is 30.5 Å². The maximum Gasteiger partial charge on any atom is 0.194 e. The third-order valence-corrected chi connectivity index (χ3v) is 3.13. The molecule has 0 bridgehead atoms. The number of aliphatic imine (C=N–C) groups is 1. The standard InChI is InChI=1S/C13H21N3O.HI/c1-13(2,3)11-7-14-12(15-11)16(4)8-10-5-6-17-9-10;/h5-6,9,11H,7-8H2,1-4H3,(H,14,15);1H. The van der Waals surface area contributed by atoms with Gasteiger partial charge in [0.15, 0.2) is 5.96 Å². The zero-order chi connectivity index (χ0) is 12.5. The lowest BCUT2D eigenvalue weighted by Gasteiger charge is -2.28. The average molecular weight is 363 g/mol. The highest BCUT2D eigenvalue weighted by Crippen LogP contribution is 2.22. The summed E-state index contributed by atoms with van der Waals surface area (Å²) in [7, 11) is 2.05. The smallest absolute Gasteiger partial charge is 0.194 e. The van der Waals surface area contributed by atoms with Crippen LogP contribution in [0, 0.1) is 5.41 Å². The van der Waals surface area contributed by atoms with Crippen LogP contribution < -0.4 is 5.32 Å². The van der Waals surface area contributed by atoms with E-state index in [9.17, 15) is 0 Å². The summed E-state index contributed by atoms with van der Waals surface area (Å²) in [4.78, 5) is 6.69. The summed E-state index contributed by atoms with van der Waals surface area (Å²) < 4.78 is 5.07. The van der Waals surface area contributed by atoms with Gasteiger partial charge in [-0.15, -0.1) is 24.0 Å². The second-order valence-electron chi connectivity index (χ2n) is 5.71. The van der Waals surface area contributed by atoms with Gasteiger partial charge in [-0.05, 0) is 11.5 Å². The van der Waals surface area contributed by atoms with Gasteiger partial charge in [0.2, 0.25) is 0 Å². The largest absolute Gasteiger partial charge is 0.472 e. The molecule has 1 aliphatic rings. The monoisotopic (exact) mass is 363 g/mol. The van der Waals surface area contributed by atoms with E-state index in [1.165, 1.54) is 0 Å². The van der Waals surface area contributed by atoms with Crippen LogP contribution in [0.4, 0.5) is 0 Å². The summed E-state index contributed by atoms with van der Waals surface area (Å²) in [6.45, 7) is 8.38. The molecule has 0 aliphatic carbocycles. The van der Waals surface area contributed by atoms with Crippen molar-refractivity contribution in [2.24, 2.45) is 10.4 Å². The lowest BCUT2D eigenvalue weighted by Crippen LogP contribution is -2.45. The van der Waals surface area contributed by atoms with Gasteiger partial charge in [0, 0.05) is 19.2 Å². The minimum atomic E-state index is 0. The van der Waals surface area contributed by atoms with Gasteiger partial charge in [-0.3, -0.25) is 4.99 Å². The molecule has 0 saturated heterocycles. The minimum Gasteiger partial charge on any atom is -0.472 e. The van der Waals surface area contributed by atoms with Crippen molar-refractivity contribution in [3.63, 3.8) is 0 Å². The first-order chi connectivity index (χ1) is 7.97. The maximum atomic E-state index is 5.07. The fourth-order valence-corrected chi connectivity index (χ4v) is 1.88. The van der Waals surface area contributed by atoms with Crippen LogP contribution in [0.3, 0.4) is 0 Å². The van der Waals surface area contributed by atoms with Crippen molar-refractivity contribution in [3.8, 4) is 0 Å². The molecule has 1 unspecified atom stereocenters. The highest BCUT2D eigenvalue weighted by Gasteiger charge is 2.30. The Morgan fingerprint density at radius 1 is 1.50 bits per heavy atom. The van der Waals surface area contributed by atoms with E-state index in [4.69, 9.17) is 4.42 Å². The molecular formula is C13H22IN3O. The van der Waals surface area contributed by atoms with E-state index in [1.54, 1.807) is 12.5 Å². The van der Waals surface area contributed by atoms with Gasteiger partial charge in [0.25, 0.3) is 0 Å². The topological polar surface area (TPSA) is 40.8 Å². The van der Waals surface area contributed by atoms with Crippen molar-refractivity contribution in [1.82, 2.24) is 10.2 Å². The van der Waals surface area contributed by atoms with E-state index in [1.807, 2.05) is 13.1 Å². The third kappa shape index (κ3) is 3.63. The minimum absolute atomic E-state index is 0. The molecule has 2 rings (SSSR count). The molecule has 0 amide bonds. The van der Waals surface area contributed by atoms with Crippen LogP contribution in [0.2, 0.25) is 0 Å². The number of rotatable bonds is 2. The zero-order valence-electron chi connectivity index (χ0n) is 11.4. The summed E-state index contributed by atoms with van der Waals surface area (Å²) in [5, 5.41) is 3.49. The lowest BCUT2D eigenvalue weighted by atomic mass is 9.87. The van der Waals surface area contributed by atoms with Gasteiger partial charge >= 0.3 is 0 Å². The average Bonchev–Trinajstić information content (AvgIpc) is 2.85. The molecule has 0 aromatic carbocycles. The highest BCUT2D eigenvalue weighted by atomic mass is 127. The molecule has 1 aromatic rings. The molecule has 102 valence electrons. The zero-order valence-corrected chi connectivity index (χ0v) is 13.8. The molecule has 5 heteroatoms. The Kier molecular flexibility index (Phi) is 5.07. The van der Waals surface area contributed by atoms with Crippen LogP contribution in [0.5, 0.6) is 0 Å². The number of hydrogen-bond donors (Lipinski definition) is 1. The van der Waals surface area contributed by atoms with E-state index < -0.39 is 0 Å². The Labute approximate surface area is 126 Å². The van der Waals surface area contributed by atoms with Crippen LogP contribution in [-0.2, 0) is 6.54 Å². The molecule has 1 aromatic heterocycles. The summed E-state index contributed by atoms with van der Waals surface area (Å²) in [6, 6.07) is 2.40. The number of halogens is 1. The van der Waals surface area contributed by atoms with Gasteiger partial charge in [0.05, 0.1) is 25.1 Å². The van der Waals surface area contributed by atoms with Crippen LogP contribution in [0.15, 0.2) is 28.0 Å². The van der Waals surface area contributed by atoms with Crippen LogP contribution >= 0.6 is 24.0 Å². The Balaban J connectivity index is 0.00000162. The first kappa shape index (κ1) is 15.3. The molecule has 0 spiro atoms. The summed E-state index contributed by atoms with van der Waals surface area (Å²) in [5.74, 6) is 0.978. The van der Waals surface area contributed by atoms with Crippen LogP contribution in [0.25, 0.3) is 0 Å². The van der Waals surface area contributed by atoms with Gasteiger partial charge in [-0.2, -0.15) is 0 Å². The number of furan rings is 1. The Bertz CT molecular complexity index is 395. The molecule has 0 fully saturated rings. The van der Waals surface area contributed by atoms with Crippen molar-refractivity contribution < 1.29 is 4.42 Å². The SMILES string of the molecule is CN(Cc1ccoc1)C1=NCC(C(C)(C)C)N1.I. The first-order valence-electron chi connectivity index (χ1n) is 6.00. The van der Waals surface area contributed by atoms with Crippen molar-refractivity contribution >= 4 is 29.9 Å². The fraction of sp³-hybridized carbons (Fsp3) is 0.615. The maximum absolute atomic E-state index is 5.07. The highest BCUT2D eigenvalue weighted by molar-refractivity contribution is 14.0. The fourth-order valence-electron chi connectivity index (χ4n) is 1.88. The van der Waals surface area contributed by atoms with Gasteiger partial charge in [-0.1, -0.05) is 20.8 Å². The molecule has 4 nitrogen and oxygen atoms in total. The normalized spacial score (nSPS) is 18.9. The first-order valence-corrected chi connectivity index (χ1v) is 6.00. The van der Waals surface area contributed by atoms with E-state index in [-0.39, 0.29) is 29.4 Å².